The van der Waals surface area contributed by atoms with E-state index in [4.69, 9.17) is 10.8 Å². The SMILES string of the molecule is CC(NCCCC[C@H](N)C(=O)N[C@H](Cc1ccccc1)C(=O)N[C@@H](CC(=O)O)C(=O)O)=C1C(=O)CC(C)(C)CC1=O. The molecule has 7 N–H and O–H groups in total. The number of nitrogens with two attached hydrogens (primary N) is 1. The molecule has 0 aromatic heterocycles. The average Bonchev–Trinajstić information content (AvgIpc) is 2.86. The van der Waals surface area contributed by atoms with Gasteiger partial charge >= 0.3 is 11.9 Å². The molecule has 1 aliphatic carbocycles. The first-order valence-corrected chi connectivity index (χ1v) is 13.6. The van der Waals surface area contributed by atoms with Crippen molar-refractivity contribution in [2.45, 2.75) is 83.8 Å². The number of ketones is 2. The highest BCUT2D eigenvalue weighted by Crippen LogP contribution is 2.34. The number of hydrogen-bond donors (Lipinski definition) is 6. The van der Waals surface area contributed by atoms with Crippen molar-refractivity contribution >= 4 is 35.3 Å². The van der Waals surface area contributed by atoms with Gasteiger partial charge in [0.25, 0.3) is 0 Å². The lowest BCUT2D eigenvalue weighted by Gasteiger charge is -2.29. The van der Waals surface area contributed by atoms with Crippen LogP contribution in [0.3, 0.4) is 0 Å². The number of rotatable bonds is 15. The fourth-order valence-corrected chi connectivity index (χ4v) is 4.65. The van der Waals surface area contributed by atoms with Crippen LogP contribution in [0.1, 0.15) is 64.9 Å². The van der Waals surface area contributed by atoms with Crippen molar-refractivity contribution in [3.8, 4) is 0 Å². The fourth-order valence-electron chi connectivity index (χ4n) is 4.65. The van der Waals surface area contributed by atoms with Crippen LogP contribution in [0.2, 0.25) is 0 Å². The molecule has 224 valence electrons. The summed E-state index contributed by atoms with van der Waals surface area (Å²) >= 11 is 0. The van der Waals surface area contributed by atoms with E-state index in [0.29, 0.717) is 43.5 Å². The first kappa shape index (κ1) is 33.1. The number of amides is 2. The Labute approximate surface area is 239 Å². The third-order valence-electron chi connectivity index (χ3n) is 6.79. The largest absolute Gasteiger partial charge is 0.481 e. The van der Waals surface area contributed by atoms with Crippen molar-refractivity contribution in [1.82, 2.24) is 16.0 Å². The van der Waals surface area contributed by atoms with E-state index >= 15 is 0 Å². The standard InChI is InChI=1S/C29H40N4O8/c1-17(25-22(34)15-29(2,3)16-23(25)35)31-12-8-7-11-19(30)26(38)32-20(13-18-9-5-4-6-10-18)27(39)33-21(28(40)41)14-24(36)37/h4-6,9-10,19-21,31H,7-8,11-16,30H2,1-3H3,(H,32,38)(H,33,39)(H,36,37)(H,40,41)/t19-,20+,21-/m0/s1. The van der Waals surface area contributed by atoms with E-state index in [-0.39, 0.29) is 35.4 Å². The van der Waals surface area contributed by atoms with E-state index in [1.54, 1.807) is 37.3 Å². The van der Waals surface area contributed by atoms with E-state index < -0.39 is 48.3 Å². The van der Waals surface area contributed by atoms with Crippen molar-refractivity contribution in [1.29, 1.82) is 0 Å². The summed E-state index contributed by atoms with van der Waals surface area (Å²) in [6.45, 7) is 5.95. The molecule has 12 nitrogen and oxygen atoms in total. The monoisotopic (exact) mass is 572 g/mol. The van der Waals surface area contributed by atoms with Crippen LogP contribution in [-0.2, 0) is 35.2 Å². The number of carbonyl (C=O) groups is 6. The van der Waals surface area contributed by atoms with Crippen molar-refractivity contribution in [2.75, 3.05) is 6.54 Å². The van der Waals surface area contributed by atoms with Crippen LogP contribution in [-0.4, -0.2) is 70.2 Å². The number of carboxylic acid groups (broad SMARTS) is 2. The zero-order valence-corrected chi connectivity index (χ0v) is 23.7. The molecule has 0 bridgehead atoms. The molecule has 1 saturated carbocycles. The van der Waals surface area contributed by atoms with Gasteiger partial charge in [-0.3, -0.25) is 24.0 Å². The maximum Gasteiger partial charge on any atom is 0.326 e. The van der Waals surface area contributed by atoms with Crippen LogP contribution in [0.5, 0.6) is 0 Å². The minimum Gasteiger partial charge on any atom is -0.481 e. The number of allylic oxidation sites excluding steroid dienone is 2. The number of carbonyl (C=O) groups excluding carboxylic acids is 4. The van der Waals surface area contributed by atoms with Crippen LogP contribution < -0.4 is 21.7 Å². The smallest absolute Gasteiger partial charge is 0.326 e. The molecule has 2 amide bonds. The van der Waals surface area contributed by atoms with E-state index in [2.05, 4.69) is 16.0 Å². The molecular formula is C29H40N4O8. The van der Waals surface area contributed by atoms with Gasteiger partial charge in [0.2, 0.25) is 11.8 Å². The molecule has 1 aromatic rings. The first-order valence-electron chi connectivity index (χ1n) is 13.6. The Kier molecular flexibility index (Phi) is 12.2. The fraction of sp³-hybridized carbons (Fsp3) is 0.517. The van der Waals surface area contributed by atoms with Crippen molar-refractivity contribution in [2.24, 2.45) is 11.1 Å². The molecule has 3 atom stereocenters. The van der Waals surface area contributed by atoms with E-state index in [0.717, 1.165) is 0 Å². The molecule has 0 unspecified atom stereocenters. The van der Waals surface area contributed by atoms with Gasteiger partial charge in [-0.25, -0.2) is 4.79 Å². The second-order valence-corrected chi connectivity index (χ2v) is 11.1. The summed E-state index contributed by atoms with van der Waals surface area (Å²) < 4.78 is 0. The number of benzene rings is 1. The number of aliphatic carboxylic acids is 2. The predicted molar refractivity (Wildman–Crippen MR) is 149 cm³/mol. The Morgan fingerprint density at radius 1 is 0.927 bits per heavy atom. The third-order valence-corrected chi connectivity index (χ3v) is 6.79. The number of hydrogen-bond acceptors (Lipinski definition) is 8. The van der Waals surface area contributed by atoms with Crippen LogP contribution in [0.4, 0.5) is 0 Å². The zero-order valence-electron chi connectivity index (χ0n) is 23.7. The number of nitrogens with one attached hydrogen (secondary N) is 3. The molecule has 0 spiro atoms. The molecule has 1 aromatic carbocycles. The summed E-state index contributed by atoms with van der Waals surface area (Å²) in [5.41, 5.74) is 7.17. The molecule has 2 rings (SSSR count). The average molecular weight is 573 g/mol. The highest BCUT2D eigenvalue weighted by atomic mass is 16.4. The molecule has 1 aliphatic rings. The minimum atomic E-state index is -1.67. The topological polar surface area (TPSA) is 205 Å². The van der Waals surface area contributed by atoms with E-state index in [1.807, 2.05) is 13.8 Å². The van der Waals surface area contributed by atoms with Crippen molar-refractivity contribution in [3.05, 3.63) is 47.2 Å². The van der Waals surface area contributed by atoms with Gasteiger partial charge in [0.15, 0.2) is 11.6 Å². The summed E-state index contributed by atoms with van der Waals surface area (Å²) in [5.74, 6) is -4.69. The lowest BCUT2D eigenvalue weighted by Crippen LogP contribution is -2.55. The first-order chi connectivity index (χ1) is 19.2. The minimum absolute atomic E-state index is 0.0387. The summed E-state index contributed by atoms with van der Waals surface area (Å²) in [6.07, 6.45) is 1.27. The molecular weight excluding hydrogens is 532 g/mol. The third kappa shape index (κ3) is 10.8. The maximum atomic E-state index is 12.9. The zero-order chi connectivity index (χ0) is 30.7. The van der Waals surface area contributed by atoms with Gasteiger partial charge in [-0.15, -0.1) is 0 Å². The summed E-state index contributed by atoms with van der Waals surface area (Å²) in [6, 6.07) is 4.93. The van der Waals surface area contributed by atoms with Gasteiger partial charge in [0.05, 0.1) is 18.0 Å². The second-order valence-electron chi connectivity index (χ2n) is 11.1. The van der Waals surface area contributed by atoms with E-state index in [1.165, 1.54) is 0 Å². The Hall–Kier alpha value is -4.06. The summed E-state index contributed by atoms with van der Waals surface area (Å²) in [7, 11) is 0. The van der Waals surface area contributed by atoms with Crippen LogP contribution in [0.15, 0.2) is 41.6 Å². The van der Waals surface area contributed by atoms with Gasteiger partial charge in [0, 0.05) is 31.5 Å². The molecule has 0 saturated heterocycles. The highest BCUT2D eigenvalue weighted by Gasteiger charge is 2.36. The van der Waals surface area contributed by atoms with Crippen LogP contribution >= 0.6 is 0 Å². The number of carboxylic acids is 2. The van der Waals surface area contributed by atoms with Gasteiger partial charge < -0.3 is 31.9 Å². The molecule has 0 radical (unpaired) electrons. The van der Waals surface area contributed by atoms with Gasteiger partial charge in [-0.05, 0) is 37.2 Å². The van der Waals surface area contributed by atoms with Crippen LogP contribution in [0, 0.1) is 5.41 Å². The molecule has 1 fully saturated rings. The number of unbranched alkanes of at least 4 members (excludes halogenated alkanes) is 1. The van der Waals surface area contributed by atoms with Gasteiger partial charge in [-0.2, -0.15) is 0 Å². The maximum absolute atomic E-state index is 12.9. The second kappa shape index (κ2) is 15.1. The van der Waals surface area contributed by atoms with Crippen molar-refractivity contribution in [3.63, 3.8) is 0 Å². The lowest BCUT2D eigenvalue weighted by atomic mass is 9.73. The molecule has 0 heterocycles. The molecule has 12 heteroatoms. The molecule has 0 aliphatic heterocycles. The Balaban J connectivity index is 1.93. The van der Waals surface area contributed by atoms with Gasteiger partial charge in [-0.1, -0.05) is 44.2 Å². The van der Waals surface area contributed by atoms with Gasteiger partial charge in [0.1, 0.15) is 12.1 Å². The normalized spacial score (nSPS) is 16.7. The summed E-state index contributed by atoms with van der Waals surface area (Å²) in [4.78, 5) is 73.0. The lowest BCUT2D eigenvalue weighted by molar-refractivity contribution is -0.147. The van der Waals surface area contributed by atoms with E-state index in [9.17, 15) is 33.9 Å². The van der Waals surface area contributed by atoms with Crippen LogP contribution in [0.25, 0.3) is 0 Å². The highest BCUT2D eigenvalue weighted by molar-refractivity contribution is 6.22. The number of Topliss-reactive ketones (excluding diaryl/α,β-unsaturated/α-hetero) is 2. The van der Waals surface area contributed by atoms with Crippen molar-refractivity contribution < 1.29 is 39.0 Å². The summed E-state index contributed by atoms with van der Waals surface area (Å²) in [5, 5.41) is 26.1. The Morgan fingerprint density at radius 2 is 1.51 bits per heavy atom. The molecule has 41 heavy (non-hydrogen) atoms. The predicted octanol–water partition coefficient (Wildman–Crippen LogP) is 1.08. The Bertz CT molecular complexity index is 1160. The quantitative estimate of drug-likeness (QED) is 0.100. The Morgan fingerprint density at radius 3 is 2.07 bits per heavy atom.